The lowest BCUT2D eigenvalue weighted by molar-refractivity contribution is 0.112. The summed E-state index contributed by atoms with van der Waals surface area (Å²) in [5, 5.41) is 1.93. The third-order valence-electron chi connectivity index (χ3n) is 2.32. The van der Waals surface area contributed by atoms with Crippen molar-refractivity contribution in [3.63, 3.8) is 0 Å². The topological polar surface area (TPSA) is 83.8 Å². The molecule has 0 saturated carbocycles. The number of carbonyl (C=O) groups excluding carboxylic acids is 1. The van der Waals surface area contributed by atoms with E-state index in [-0.39, 0.29) is 0 Å². The first-order valence-electron chi connectivity index (χ1n) is 5.23. The molecule has 2 aromatic rings. The number of benzene rings is 2. The second-order valence-electron chi connectivity index (χ2n) is 3.64. The molecule has 0 spiro atoms. The van der Waals surface area contributed by atoms with Crippen LogP contribution in [0.3, 0.4) is 0 Å². The number of methoxy groups -OCH3 is 1. The molecule has 0 aliphatic carbocycles. The molecular weight excluding hydrogens is 370 g/mol. The third kappa shape index (κ3) is 5.23. The van der Waals surface area contributed by atoms with Gasteiger partial charge in [0, 0.05) is 15.7 Å². The van der Waals surface area contributed by atoms with Gasteiger partial charge < -0.3 is 14.5 Å². The third-order valence-corrected chi connectivity index (χ3v) is 2.81. The molecule has 0 atom stereocenters. The molecule has 20 heavy (non-hydrogen) atoms. The largest absolute Gasteiger partial charge is 0.496 e. The Balaban J connectivity index is 0.000000347. The number of hydrogen-bond acceptors (Lipinski definition) is 3. The van der Waals surface area contributed by atoms with Crippen molar-refractivity contribution in [1.29, 1.82) is 0 Å². The van der Waals surface area contributed by atoms with E-state index in [9.17, 15) is 4.79 Å². The quantitative estimate of drug-likeness (QED) is 0.611. The Hall–Kier alpha value is -0.910. The van der Waals surface area contributed by atoms with Crippen LogP contribution in [0.4, 0.5) is 0 Å². The van der Waals surface area contributed by atoms with Gasteiger partial charge in [0.15, 0.2) is 6.29 Å². The number of aldehydes is 1. The molecule has 5 nitrogen and oxygen atoms in total. The molecule has 0 aliphatic heterocycles. The van der Waals surface area contributed by atoms with Crippen molar-refractivity contribution in [2.24, 2.45) is 0 Å². The van der Waals surface area contributed by atoms with Crippen molar-refractivity contribution < 1.29 is 23.9 Å². The standard InChI is InChI=1S/C12H9BrO2.ClH2O3P/c1-15-12-5-2-8-6-9(13)3-4-10(8)11(12)7-14;1-5(2,3)4/h2-7H,1H3;(H2,2,3,4). The Labute approximate surface area is 128 Å². The van der Waals surface area contributed by atoms with Crippen LogP contribution in [0.1, 0.15) is 10.4 Å². The van der Waals surface area contributed by atoms with E-state index >= 15 is 0 Å². The highest BCUT2D eigenvalue weighted by Gasteiger charge is 2.07. The average molecular weight is 382 g/mol. The lowest BCUT2D eigenvalue weighted by Gasteiger charge is -2.07. The predicted molar refractivity (Wildman–Crippen MR) is 81.5 cm³/mol. The Kier molecular flexibility index (Phi) is 6.17. The van der Waals surface area contributed by atoms with Crippen molar-refractivity contribution in [1.82, 2.24) is 0 Å². The van der Waals surface area contributed by atoms with Crippen molar-refractivity contribution in [3.05, 3.63) is 40.4 Å². The molecule has 0 unspecified atom stereocenters. The van der Waals surface area contributed by atoms with E-state index in [0.29, 0.717) is 11.3 Å². The van der Waals surface area contributed by atoms with E-state index in [1.807, 2.05) is 24.3 Å². The lowest BCUT2D eigenvalue weighted by Crippen LogP contribution is -1.91. The molecule has 0 radical (unpaired) electrons. The first-order chi connectivity index (χ1) is 9.26. The van der Waals surface area contributed by atoms with E-state index in [1.54, 1.807) is 13.2 Å². The van der Waals surface area contributed by atoms with Crippen molar-refractivity contribution >= 4 is 51.2 Å². The fraction of sp³-hybridized carbons (Fsp3) is 0.0833. The van der Waals surface area contributed by atoms with Crippen LogP contribution in [0, 0.1) is 0 Å². The van der Waals surface area contributed by atoms with E-state index in [1.165, 1.54) is 0 Å². The maximum Gasteiger partial charge on any atom is 0.419 e. The Morgan fingerprint density at radius 1 is 1.30 bits per heavy atom. The Bertz CT molecular complexity index is 662. The second kappa shape index (κ2) is 7.20. The molecule has 0 fully saturated rings. The normalized spacial score (nSPS) is 10.7. The van der Waals surface area contributed by atoms with E-state index in [0.717, 1.165) is 21.5 Å². The molecule has 2 N–H and O–H groups in total. The zero-order valence-corrected chi connectivity index (χ0v) is 13.5. The Morgan fingerprint density at radius 3 is 2.40 bits per heavy atom. The van der Waals surface area contributed by atoms with Crippen LogP contribution in [0.25, 0.3) is 10.8 Å². The minimum Gasteiger partial charge on any atom is -0.496 e. The average Bonchev–Trinajstić information content (AvgIpc) is 2.35. The number of ether oxygens (including phenoxy) is 1. The van der Waals surface area contributed by atoms with Gasteiger partial charge in [0.05, 0.1) is 12.7 Å². The van der Waals surface area contributed by atoms with Crippen LogP contribution in [0.15, 0.2) is 34.8 Å². The van der Waals surface area contributed by atoms with Crippen molar-refractivity contribution in [2.75, 3.05) is 7.11 Å². The first kappa shape index (κ1) is 17.1. The first-order valence-corrected chi connectivity index (χ1v) is 8.54. The molecule has 0 saturated heterocycles. The highest BCUT2D eigenvalue weighted by molar-refractivity contribution is 9.10. The fourth-order valence-electron chi connectivity index (χ4n) is 1.60. The smallest absolute Gasteiger partial charge is 0.419 e. The molecule has 2 rings (SSSR count). The summed E-state index contributed by atoms with van der Waals surface area (Å²) in [7, 11) is 1.56. The van der Waals surface area contributed by atoms with Crippen molar-refractivity contribution in [3.8, 4) is 5.75 Å². The van der Waals surface area contributed by atoms with Crippen LogP contribution in [0.2, 0.25) is 0 Å². The lowest BCUT2D eigenvalue weighted by atomic mass is 10.0. The molecular formula is C12H11BrClO5P. The zero-order valence-electron chi connectivity index (χ0n) is 10.3. The second-order valence-corrected chi connectivity index (χ2v) is 6.82. The van der Waals surface area contributed by atoms with Crippen LogP contribution in [-0.4, -0.2) is 23.2 Å². The van der Waals surface area contributed by atoms with Gasteiger partial charge in [0.25, 0.3) is 0 Å². The van der Waals surface area contributed by atoms with Crippen LogP contribution >= 0.6 is 34.1 Å². The van der Waals surface area contributed by atoms with Gasteiger partial charge in [-0.2, -0.15) is 0 Å². The maximum absolute atomic E-state index is 11.0. The predicted octanol–water partition coefficient (Wildman–Crippen LogP) is 3.74. The van der Waals surface area contributed by atoms with E-state index < -0.39 is 6.95 Å². The van der Waals surface area contributed by atoms with E-state index in [4.69, 9.17) is 19.1 Å². The number of halogens is 2. The molecule has 0 bridgehead atoms. The summed E-state index contributed by atoms with van der Waals surface area (Å²) in [6.07, 6.45) is 0.828. The summed E-state index contributed by atoms with van der Waals surface area (Å²) in [4.78, 5) is 25.8. The van der Waals surface area contributed by atoms with Gasteiger partial charge in [0.1, 0.15) is 5.75 Å². The molecule has 0 amide bonds. The monoisotopic (exact) mass is 380 g/mol. The van der Waals surface area contributed by atoms with Crippen LogP contribution in [-0.2, 0) is 4.57 Å². The number of fused-ring (bicyclic) bond motifs is 1. The van der Waals surface area contributed by atoms with Gasteiger partial charge in [0.2, 0.25) is 0 Å². The number of hydrogen-bond donors (Lipinski definition) is 2. The maximum atomic E-state index is 11.0. The summed E-state index contributed by atoms with van der Waals surface area (Å²) >= 11 is 7.59. The van der Waals surface area contributed by atoms with E-state index in [2.05, 4.69) is 27.2 Å². The van der Waals surface area contributed by atoms with Gasteiger partial charge in [-0.05, 0) is 29.0 Å². The number of rotatable bonds is 2. The summed E-state index contributed by atoms with van der Waals surface area (Å²) < 4.78 is 15.2. The van der Waals surface area contributed by atoms with Gasteiger partial charge in [-0.1, -0.05) is 28.1 Å². The summed E-state index contributed by atoms with van der Waals surface area (Å²) in [6, 6.07) is 9.53. The fourth-order valence-corrected chi connectivity index (χ4v) is 1.98. The summed E-state index contributed by atoms with van der Waals surface area (Å²) in [5.74, 6) is 0.611. The highest BCUT2D eigenvalue weighted by atomic mass is 79.9. The minimum absolute atomic E-state index is 0.600. The molecule has 0 aliphatic rings. The Morgan fingerprint density at radius 2 is 1.90 bits per heavy atom. The SMILES string of the molecule is COc1ccc2cc(Br)ccc2c1C=O.O=P(O)(O)Cl. The van der Waals surface area contributed by atoms with Crippen LogP contribution in [0.5, 0.6) is 5.75 Å². The molecule has 0 heterocycles. The van der Waals surface area contributed by atoms with Crippen LogP contribution < -0.4 is 4.74 Å². The summed E-state index contributed by atoms with van der Waals surface area (Å²) in [6.45, 7) is -4.17. The summed E-state index contributed by atoms with van der Waals surface area (Å²) in [5.41, 5.74) is 0.600. The molecule has 0 aromatic heterocycles. The highest BCUT2D eigenvalue weighted by Crippen LogP contribution is 2.39. The van der Waals surface area contributed by atoms with Crippen molar-refractivity contribution in [2.45, 2.75) is 0 Å². The molecule has 108 valence electrons. The molecule has 2 aromatic carbocycles. The molecule has 8 heteroatoms. The van der Waals surface area contributed by atoms with Gasteiger partial charge in [-0.15, -0.1) is 0 Å². The zero-order chi connectivity index (χ0) is 15.3. The van der Waals surface area contributed by atoms with Gasteiger partial charge in [-0.3, -0.25) is 4.79 Å². The number of carbonyl (C=O) groups is 1. The minimum atomic E-state index is -4.17. The van der Waals surface area contributed by atoms with Gasteiger partial charge in [-0.25, -0.2) is 4.57 Å². The van der Waals surface area contributed by atoms with Gasteiger partial charge >= 0.3 is 6.95 Å².